The van der Waals surface area contributed by atoms with E-state index in [9.17, 15) is 0 Å². The molecule has 150 valence electrons. The highest BCUT2D eigenvalue weighted by Gasteiger charge is 2.24. The number of benzene rings is 1. The van der Waals surface area contributed by atoms with Crippen molar-refractivity contribution in [2.45, 2.75) is 67.7 Å². The fourth-order valence-electron chi connectivity index (χ4n) is 2.88. The lowest BCUT2D eigenvalue weighted by atomic mass is 9.76. The Balaban J connectivity index is 0. The highest BCUT2D eigenvalue weighted by Crippen LogP contribution is 2.38. The molecule has 0 heterocycles. The Kier molecular flexibility index (Phi) is 15.1. The Morgan fingerprint density at radius 1 is 1.00 bits per heavy atom. The minimum Gasteiger partial charge on any atom is -0.100 e. The van der Waals surface area contributed by atoms with E-state index in [0.29, 0.717) is 5.92 Å². The first-order valence-corrected chi connectivity index (χ1v) is 9.89. The Morgan fingerprint density at radius 3 is 1.78 bits per heavy atom. The summed E-state index contributed by atoms with van der Waals surface area (Å²) in [6.07, 6.45) is 5.33. The van der Waals surface area contributed by atoms with Gasteiger partial charge in [-0.05, 0) is 57.2 Å². The predicted molar refractivity (Wildman–Crippen MR) is 128 cm³/mol. The van der Waals surface area contributed by atoms with Crippen LogP contribution >= 0.6 is 0 Å². The molecule has 0 saturated carbocycles. The summed E-state index contributed by atoms with van der Waals surface area (Å²) in [5.41, 5.74) is 7.23. The predicted octanol–water partition coefficient (Wildman–Crippen LogP) is 9.15. The maximum absolute atomic E-state index is 4.21. The van der Waals surface area contributed by atoms with Crippen molar-refractivity contribution in [3.05, 3.63) is 90.6 Å². The minimum absolute atomic E-state index is 0.284. The molecule has 0 aliphatic carbocycles. The summed E-state index contributed by atoms with van der Waals surface area (Å²) in [5.74, 6) is 0.641. The molecule has 2 atom stereocenters. The van der Waals surface area contributed by atoms with Crippen LogP contribution in [0.3, 0.4) is 0 Å². The Hall–Kier alpha value is -2.08. The van der Waals surface area contributed by atoms with Gasteiger partial charge in [0, 0.05) is 5.92 Å². The SMILES string of the molecule is C=C(C)C.C=C/C(=C\C)C(C)C(C(=C)C)c1ccccc1C(=C)C.CCC. The van der Waals surface area contributed by atoms with Crippen molar-refractivity contribution < 1.29 is 0 Å². The fraction of sp³-hybridized carbons (Fsp3) is 0.407. The summed E-state index contributed by atoms with van der Waals surface area (Å²) in [6, 6.07) is 8.49. The van der Waals surface area contributed by atoms with Crippen LogP contribution in [0.25, 0.3) is 5.57 Å². The second-order valence-corrected chi connectivity index (χ2v) is 7.39. The maximum Gasteiger partial charge on any atom is 0.0115 e. The van der Waals surface area contributed by atoms with Crippen LogP contribution in [0.5, 0.6) is 0 Å². The lowest BCUT2D eigenvalue weighted by Gasteiger charge is -2.28. The van der Waals surface area contributed by atoms with Gasteiger partial charge in [0.05, 0.1) is 0 Å². The third kappa shape index (κ3) is 10.6. The molecule has 0 saturated heterocycles. The maximum atomic E-state index is 4.21. The van der Waals surface area contributed by atoms with Crippen LogP contribution in [0.2, 0.25) is 0 Å². The highest BCUT2D eigenvalue weighted by atomic mass is 14.3. The summed E-state index contributed by atoms with van der Waals surface area (Å²) in [7, 11) is 0. The second kappa shape index (κ2) is 15.0. The van der Waals surface area contributed by atoms with E-state index in [1.807, 2.05) is 19.9 Å². The molecular formula is C27H42. The van der Waals surface area contributed by atoms with E-state index >= 15 is 0 Å². The Labute approximate surface area is 170 Å². The first-order valence-electron chi connectivity index (χ1n) is 9.89. The molecule has 1 aromatic rings. The molecule has 0 aromatic heterocycles. The van der Waals surface area contributed by atoms with Crippen molar-refractivity contribution in [2.75, 3.05) is 0 Å². The molecule has 0 nitrogen and oxygen atoms in total. The van der Waals surface area contributed by atoms with E-state index in [2.05, 4.69) is 98.2 Å². The van der Waals surface area contributed by atoms with Crippen molar-refractivity contribution in [2.24, 2.45) is 5.92 Å². The molecule has 0 aliphatic heterocycles. The summed E-state index contributed by atoms with van der Waals surface area (Å²) >= 11 is 0. The molecule has 1 rings (SSSR count). The first kappa shape index (κ1) is 27.1. The van der Waals surface area contributed by atoms with E-state index < -0.39 is 0 Å². The van der Waals surface area contributed by atoms with E-state index in [1.165, 1.54) is 34.3 Å². The van der Waals surface area contributed by atoms with Crippen LogP contribution < -0.4 is 0 Å². The lowest BCUT2D eigenvalue weighted by Crippen LogP contribution is -2.14. The van der Waals surface area contributed by atoms with Crippen LogP contribution in [0, 0.1) is 5.92 Å². The number of rotatable bonds is 6. The average molecular weight is 367 g/mol. The van der Waals surface area contributed by atoms with Crippen molar-refractivity contribution in [1.82, 2.24) is 0 Å². The van der Waals surface area contributed by atoms with Crippen molar-refractivity contribution in [3.63, 3.8) is 0 Å². The van der Waals surface area contributed by atoms with Gasteiger partial charge in [0.15, 0.2) is 0 Å². The molecule has 0 bridgehead atoms. The summed E-state index contributed by atoms with van der Waals surface area (Å²) in [6.45, 7) is 32.5. The van der Waals surface area contributed by atoms with Crippen LogP contribution in [0.15, 0.2) is 79.5 Å². The topological polar surface area (TPSA) is 0 Å². The zero-order valence-corrected chi connectivity index (χ0v) is 19.2. The number of hydrogen-bond acceptors (Lipinski definition) is 0. The van der Waals surface area contributed by atoms with Gasteiger partial charge in [-0.2, -0.15) is 0 Å². The quantitative estimate of drug-likeness (QED) is 0.348. The third-order valence-corrected chi connectivity index (χ3v) is 3.88. The molecule has 0 spiro atoms. The minimum atomic E-state index is 0.284. The monoisotopic (exact) mass is 366 g/mol. The molecule has 0 N–H and O–H groups in total. The van der Waals surface area contributed by atoms with Gasteiger partial charge in [-0.25, -0.2) is 0 Å². The zero-order valence-electron chi connectivity index (χ0n) is 19.2. The summed E-state index contributed by atoms with van der Waals surface area (Å²) in [4.78, 5) is 0. The molecule has 1 aromatic carbocycles. The standard InChI is InChI=1S/C20H26.C4H8.C3H8/c1-8-17(9-2)16(7)20(15(5)6)19-13-11-10-12-18(19)14(3)4;1-4(2)3;1-3-2/h8-13,16,20H,1,3,5H2,2,4,6-7H3;1H2,2-3H3;3H2,1-2H3/b17-9+;;. The lowest BCUT2D eigenvalue weighted by molar-refractivity contribution is 0.592. The van der Waals surface area contributed by atoms with Gasteiger partial charge in [-0.1, -0.05) is 100 Å². The fourth-order valence-corrected chi connectivity index (χ4v) is 2.88. The van der Waals surface area contributed by atoms with Crippen LogP contribution in [0.4, 0.5) is 0 Å². The number of hydrogen-bond donors (Lipinski definition) is 0. The van der Waals surface area contributed by atoms with Gasteiger partial charge >= 0.3 is 0 Å². The van der Waals surface area contributed by atoms with Gasteiger partial charge in [0.2, 0.25) is 0 Å². The van der Waals surface area contributed by atoms with Gasteiger partial charge < -0.3 is 0 Å². The van der Waals surface area contributed by atoms with Crippen LogP contribution in [-0.2, 0) is 0 Å². The molecule has 0 aliphatic rings. The second-order valence-electron chi connectivity index (χ2n) is 7.39. The van der Waals surface area contributed by atoms with E-state index in [0.717, 1.165) is 5.57 Å². The summed E-state index contributed by atoms with van der Waals surface area (Å²) < 4.78 is 0. The van der Waals surface area contributed by atoms with Gasteiger partial charge in [-0.3, -0.25) is 0 Å². The number of allylic oxidation sites excluding steroid dienone is 6. The van der Waals surface area contributed by atoms with E-state index in [1.54, 1.807) is 0 Å². The summed E-state index contributed by atoms with van der Waals surface area (Å²) in [5, 5.41) is 0. The molecule has 0 fully saturated rings. The van der Waals surface area contributed by atoms with E-state index in [4.69, 9.17) is 0 Å². The van der Waals surface area contributed by atoms with Crippen LogP contribution in [0.1, 0.15) is 78.9 Å². The first-order chi connectivity index (χ1) is 12.6. The van der Waals surface area contributed by atoms with E-state index in [-0.39, 0.29) is 5.92 Å². The molecule has 27 heavy (non-hydrogen) atoms. The van der Waals surface area contributed by atoms with Crippen molar-refractivity contribution in [1.29, 1.82) is 0 Å². The normalized spacial score (nSPS) is 12.4. The molecule has 0 amide bonds. The molecule has 0 heteroatoms. The highest BCUT2D eigenvalue weighted by molar-refractivity contribution is 5.66. The van der Waals surface area contributed by atoms with Gasteiger partial charge in [0.1, 0.15) is 0 Å². The van der Waals surface area contributed by atoms with Crippen molar-refractivity contribution >= 4 is 5.57 Å². The molecule has 2 unspecified atom stereocenters. The smallest absolute Gasteiger partial charge is 0.0115 e. The van der Waals surface area contributed by atoms with Gasteiger partial charge in [0.25, 0.3) is 0 Å². The third-order valence-electron chi connectivity index (χ3n) is 3.88. The largest absolute Gasteiger partial charge is 0.100 e. The Bertz CT molecular complexity index is 636. The van der Waals surface area contributed by atoms with Gasteiger partial charge in [-0.15, -0.1) is 6.58 Å². The van der Waals surface area contributed by atoms with Crippen LogP contribution in [-0.4, -0.2) is 0 Å². The molecular weight excluding hydrogens is 324 g/mol. The zero-order chi connectivity index (χ0) is 21.6. The Morgan fingerprint density at radius 2 is 1.44 bits per heavy atom. The molecule has 0 radical (unpaired) electrons. The average Bonchev–Trinajstić information content (AvgIpc) is 2.56. The van der Waals surface area contributed by atoms with Crippen molar-refractivity contribution in [3.8, 4) is 0 Å².